The molecule has 1 atom stereocenters. The second-order valence-electron chi connectivity index (χ2n) is 4.98. The molecule has 4 rings (SSSR count). The molecule has 3 heteroatoms. The first-order valence-electron chi connectivity index (χ1n) is 6.74. The number of hydrogen-bond acceptors (Lipinski definition) is 2. The van der Waals surface area contributed by atoms with E-state index in [4.69, 9.17) is 4.74 Å². The van der Waals surface area contributed by atoms with Crippen molar-refractivity contribution >= 4 is 0 Å². The number of para-hydroxylation sites is 1. The fourth-order valence-electron chi connectivity index (χ4n) is 2.79. The topological polar surface area (TPSA) is 37.9 Å². The lowest BCUT2D eigenvalue weighted by atomic mass is 9.96. The minimum atomic E-state index is -0.00569. The van der Waals surface area contributed by atoms with Crippen LogP contribution in [0.5, 0.6) is 5.75 Å². The Morgan fingerprint density at radius 3 is 2.60 bits per heavy atom. The van der Waals surface area contributed by atoms with Crippen molar-refractivity contribution in [2.45, 2.75) is 13.0 Å². The van der Waals surface area contributed by atoms with Gasteiger partial charge in [-0.2, -0.15) is 5.10 Å². The van der Waals surface area contributed by atoms with Crippen molar-refractivity contribution < 1.29 is 4.74 Å². The van der Waals surface area contributed by atoms with E-state index in [1.807, 2.05) is 36.4 Å². The van der Waals surface area contributed by atoms with Gasteiger partial charge in [0.05, 0.1) is 11.4 Å². The monoisotopic (exact) mass is 262 g/mol. The van der Waals surface area contributed by atoms with E-state index >= 15 is 0 Å². The summed E-state index contributed by atoms with van der Waals surface area (Å²) in [4.78, 5) is 0. The smallest absolute Gasteiger partial charge is 0.129 e. The number of benzene rings is 2. The summed E-state index contributed by atoms with van der Waals surface area (Å²) in [5.41, 5.74) is 5.37. The second-order valence-corrected chi connectivity index (χ2v) is 4.98. The molecule has 3 aromatic rings. The molecule has 20 heavy (non-hydrogen) atoms. The molecule has 0 saturated carbocycles. The molecule has 2 heterocycles. The lowest BCUT2D eigenvalue weighted by molar-refractivity contribution is 0.224. The Morgan fingerprint density at radius 1 is 1.00 bits per heavy atom. The van der Waals surface area contributed by atoms with Gasteiger partial charge < -0.3 is 4.74 Å². The van der Waals surface area contributed by atoms with Crippen molar-refractivity contribution in [3.63, 3.8) is 0 Å². The number of hydrogen-bond donors (Lipinski definition) is 1. The number of nitrogens with one attached hydrogen (secondary N) is 1. The normalized spacial score (nSPS) is 16.1. The van der Waals surface area contributed by atoms with Gasteiger partial charge in [-0.05, 0) is 19.1 Å². The SMILES string of the molecule is CC1Oc2ccccc2-c2[nH]nc(-c3ccccc3)c21. The Morgan fingerprint density at radius 2 is 1.75 bits per heavy atom. The minimum Gasteiger partial charge on any atom is -0.485 e. The fourth-order valence-corrected chi connectivity index (χ4v) is 2.79. The Hall–Kier alpha value is -2.55. The molecule has 0 radical (unpaired) electrons. The van der Waals surface area contributed by atoms with Crippen LogP contribution in [-0.2, 0) is 0 Å². The Balaban J connectivity index is 1.95. The Bertz CT molecular complexity index is 748. The lowest BCUT2D eigenvalue weighted by Crippen LogP contribution is -2.10. The Labute approximate surface area is 117 Å². The average molecular weight is 262 g/mol. The van der Waals surface area contributed by atoms with Gasteiger partial charge in [0.15, 0.2) is 0 Å². The van der Waals surface area contributed by atoms with Crippen molar-refractivity contribution in [2.75, 3.05) is 0 Å². The van der Waals surface area contributed by atoms with Crippen molar-refractivity contribution in [1.82, 2.24) is 10.2 Å². The van der Waals surface area contributed by atoms with E-state index < -0.39 is 0 Å². The number of fused-ring (bicyclic) bond motifs is 3. The number of rotatable bonds is 1. The largest absolute Gasteiger partial charge is 0.485 e. The molecule has 0 fully saturated rings. The van der Waals surface area contributed by atoms with Crippen LogP contribution in [0.3, 0.4) is 0 Å². The molecule has 1 aromatic heterocycles. The summed E-state index contributed by atoms with van der Waals surface area (Å²) in [6, 6.07) is 18.3. The zero-order valence-electron chi connectivity index (χ0n) is 11.1. The molecule has 0 bridgehead atoms. The van der Waals surface area contributed by atoms with Crippen molar-refractivity contribution in [3.8, 4) is 28.3 Å². The molecule has 1 N–H and O–H groups in total. The average Bonchev–Trinajstić information content (AvgIpc) is 2.94. The van der Waals surface area contributed by atoms with Gasteiger partial charge in [0.25, 0.3) is 0 Å². The summed E-state index contributed by atoms with van der Waals surface area (Å²) >= 11 is 0. The highest BCUT2D eigenvalue weighted by molar-refractivity contribution is 5.79. The van der Waals surface area contributed by atoms with Crippen molar-refractivity contribution in [2.24, 2.45) is 0 Å². The lowest BCUT2D eigenvalue weighted by Gasteiger charge is -2.23. The van der Waals surface area contributed by atoms with Crippen molar-refractivity contribution in [1.29, 1.82) is 0 Å². The highest BCUT2D eigenvalue weighted by Gasteiger charge is 2.28. The number of nitrogens with zero attached hydrogens (tertiary/aromatic N) is 1. The molecular formula is C17H14N2O. The molecule has 1 aliphatic rings. The van der Waals surface area contributed by atoms with Crippen molar-refractivity contribution in [3.05, 3.63) is 60.2 Å². The maximum absolute atomic E-state index is 6.02. The highest BCUT2D eigenvalue weighted by atomic mass is 16.5. The van der Waals surface area contributed by atoms with Crippen LogP contribution in [0.4, 0.5) is 0 Å². The third-order valence-corrected chi connectivity index (χ3v) is 3.72. The van der Waals surface area contributed by atoms with E-state index in [1.54, 1.807) is 0 Å². The van der Waals surface area contributed by atoms with Gasteiger partial charge >= 0.3 is 0 Å². The standard InChI is InChI=1S/C17H14N2O/c1-11-15-16(12-7-3-2-4-8-12)18-19-17(15)13-9-5-6-10-14(13)20-11/h2-11H,1H3,(H,18,19). The van der Waals surface area contributed by atoms with Crippen LogP contribution >= 0.6 is 0 Å². The number of aromatic amines is 1. The number of aromatic nitrogens is 2. The third kappa shape index (κ3) is 1.56. The summed E-state index contributed by atoms with van der Waals surface area (Å²) in [6.45, 7) is 2.07. The zero-order chi connectivity index (χ0) is 13.5. The molecule has 1 unspecified atom stereocenters. The van der Waals surface area contributed by atoms with Crippen LogP contribution in [0.2, 0.25) is 0 Å². The quantitative estimate of drug-likeness (QED) is 0.713. The van der Waals surface area contributed by atoms with Gasteiger partial charge in [0.2, 0.25) is 0 Å². The van der Waals surface area contributed by atoms with Gasteiger partial charge in [-0.25, -0.2) is 0 Å². The summed E-state index contributed by atoms with van der Waals surface area (Å²) in [5.74, 6) is 0.913. The van der Waals surface area contributed by atoms with E-state index in [0.29, 0.717) is 0 Å². The maximum Gasteiger partial charge on any atom is 0.129 e. The van der Waals surface area contributed by atoms with Gasteiger partial charge in [0, 0.05) is 16.7 Å². The molecule has 2 aromatic carbocycles. The van der Waals surface area contributed by atoms with Crippen LogP contribution in [0, 0.1) is 0 Å². The number of ether oxygens (including phenoxy) is 1. The Kier molecular flexibility index (Phi) is 2.39. The van der Waals surface area contributed by atoms with Crippen LogP contribution in [-0.4, -0.2) is 10.2 Å². The van der Waals surface area contributed by atoms with Gasteiger partial charge in [-0.1, -0.05) is 42.5 Å². The highest BCUT2D eigenvalue weighted by Crippen LogP contribution is 2.44. The van der Waals surface area contributed by atoms with Gasteiger partial charge in [0.1, 0.15) is 11.9 Å². The first-order valence-corrected chi connectivity index (χ1v) is 6.74. The molecular weight excluding hydrogens is 248 g/mol. The zero-order valence-corrected chi connectivity index (χ0v) is 11.1. The molecule has 0 saturated heterocycles. The molecule has 98 valence electrons. The maximum atomic E-state index is 6.02. The minimum absolute atomic E-state index is 0.00569. The summed E-state index contributed by atoms with van der Waals surface area (Å²) in [5, 5.41) is 7.69. The number of H-pyrrole nitrogens is 1. The second kappa shape index (κ2) is 4.23. The molecule has 0 spiro atoms. The van der Waals surface area contributed by atoms with E-state index in [1.165, 1.54) is 0 Å². The van der Waals surface area contributed by atoms with Crippen LogP contribution in [0.15, 0.2) is 54.6 Å². The summed E-state index contributed by atoms with van der Waals surface area (Å²) < 4.78 is 6.02. The predicted octanol–water partition coefficient (Wildman–Crippen LogP) is 4.20. The molecule has 1 aliphatic heterocycles. The molecule has 0 amide bonds. The van der Waals surface area contributed by atoms with Crippen LogP contribution in [0.1, 0.15) is 18.6 Å². The van der Waals surface area contributed by atoms with E-state index in [9.17, 15) is 0 Å². The molecule has 3 nitrogen and oxygen atoms in total. The van der Waals surface area contributed by atoms with E-state index in [-0.39, 0.29) is 6.10 Å². The fraction of sp³-hybridized carbons (Fsp3) is 0.118. The van der Waals surface area contributed by atoms with Crippen LogP contribution < -0.4 is 4.74 Å². The predicted molar refractivity (Wildman–Crippen MR) is 78.5 cm³/mol. The van der Waals surface area contributed by atoms with Gasteiger partial charge in [-0.15, -0.1) is 0 Å². The first kappa shape index (κ1) is 11.3. The first-order chi connectivity index (χ1) is 9.84. The van der Waals surface area contributed by atoms with Crippen LogP contribution in [0.25, 0.3) is 22.5 Å². The van der Waals surface area contributed by atoms with Gasteiger partial charge in [-0.3, -0.25) is 5.10 Å². The summed E-state index contributed by atoms with van der Waals surface area (Å²) in [6.07, 6.45) is -0.00569. The summed E-state index contributed by atoms with van der Waals surface area (Å²) in [7, 11) is 0. The third-order valence-electron chi connectivity index (χ3n) is 3.72. The van der Waals surface area contributed by atoms with E-state index in [2.05, 4.69) is 35.3 Å². The van der Waals surface area contributed by atoms with E-state index in [0.717, 1.165) is 33.8 Å². The molecule has 0 aliphatic carbocycles.